The van der Waals surface area contributed by atoms with Crippen LogP contribution < -0.4 is 9.47 Å². The highest BCUT2D eigenvalue weighted by Gasteiger charge is 2.16. The van der Waals surface area contributed by atoms with Crippen molar-refractivity contribution in [1.82, 2.24) is 0 Å². The van der Waals surface area contributed by atoms with Crippen molar-refractivity contribution in [2.75, 3.05) is 6.61 Å². The van der Waals surface area contributed by atoms with Gasteiger partial charge in [-0.25, -0.2) is 13.2 Å². The fourth-order valence-corrected chi connectivity index (χ4v) is 4.22. The summed E-state index contributed by atoms with van der Waals surface area (Å²) >= 11 is 0. The molecule has 0 fully saturated rings. The quantitative estimate of drug-likeness (QED) is 0.190. The zero-order chi connectivity index (χ0) is 26.2. The fourth-order valence-electron chi connectivity index (χ4n) is 4.22. The Bertz CT molecular complexity index is 1320. The maximum Gasteiger partial charge on any atom is 0.167 e. The maximum atomic E-state index is 15.1. The molecule has 0 radical (unpaired) electrons. The van der Waals surface area contributed by atoms with E-state index in [9.17, 15) is 4.39 Å². The molecule has 4 aromatic rings. The molecule has 0 aliphatic heterocycles. The molecule has 5 heteroatoms. The SMILES string of the molecule is CCCCCc1ccc(-c2ccc(-c3ccc(OCc4ccc(OCC)cc4F)cc3)c(F)c2F)cc1. The van der Waals surface area contributed by atoms with Gasteiger partial charge in [0.05, 0.1) is 6.61 Å². The standard InChI is InChI=1S/C32H31F3O2/c1-3-5-6-7-22-8-10-23(11-9-22)28-18-19-29(32(35)31(28)34)24-12-15-26(16-13-24)37-21-25-14-17-27(36-4-2)20-30(25)33/h8-20H,3-7,21H2,1-2H3. The molecular weight excluding hydrogens is 473 g/mol. The second-order valence-corrected chi connectivity index (χ2v) is 8.94. The third-order valence-corrected chi connectivity index (χ3v) is 6.31. The van der Waals surface area contributed by atoms with Crippen molar-refractivity contribution >= 4 is 0 Å². The topological polar surface area (TPSA) is 18.5 Å². The minimum atomic E-state index is -0.894. The monoisotopic (exact) mass is 504 g/mol. The first-order valence-electron chi connectivity index (χ1n) is 12.7. The fraction of sp³-hybridized carbons (Fsp3) is 0.250. The van der Waals surface area contributed by atoms with Crippen LogP contribution in [0.25, 0.3) is 22.3 Å². The van der Waals surface area contributed by atoms with E-state index < -0.39 is 17.5 Å². The molecule has 0 bridgehead atoms. The number of hydrogen-bond acceptors (Lipinski definition) is 2. The van der Waals surface area contributed by atoms with Crippen LogP contribution in [0.5, 0.6) is 11.5 Å². The third-order valence-electron chi connectivity index (χ3n) is 6.31. The number of rotatable bonds is 11. The molecule has 0 saturated heterocycles. The summed E-state index contributed by atoms with van der Waals surface area (Å²) in [4.78, 5) is 0. The third kappa shape index (κ3) is 6.53. The Morgan fingerprint density at radius 1 is 0.622 bits per heavy atom. The first-order chi connectivity index (χ1) is 18.0. The second-order valence-electron chi connectivity index (χ2n) is 8.94. The normalized spacial score (nSPS) is 10.9. The van der Waals surface area contributed by atoms with Crippen molar-refractivity contribution in [3.05, 3.63) is 107 Å². The number of ether oxygens (including phenoxy) is 2. The molecule has 0 atom stereocenters. The van der Waals surface area contributed by atoms with Crippen LogP contribution in [0.3, 0.4) is 0 Å². The number of unbranched alkanes of at least 4 members (excludes halogenated alkanes) is 2. The van der Waals surface area contributed by atoms with Crippen LogP contribution in [-0.2, 0) is 13.0 Å². The zero-order valence-electron chi connectivity index (χ0n) is 21.2. The van der Waals surface area contributed by atoms with Crippen LogP contribution in [0.1, 0.15) is 44.2 Å². The van der Waals surface area contributed by atoms with Crippen LogP contribution in [0.15, 0.2) is 78.9 Å². The molecule has 192 valence electrons. The first-order valence-corrected chi connectivity index (χ1v) is 12.7. The predicted octanol–water partition coefficient (Wildman–Crippen LogP) is 9.15. The van der Waals surface area contributed by atoms with Crippen molar-refractivity contribution in [3.8, 4) is 33.8 Å². The lowest BCUT2D eigenvalue weighted by molar-refractivity contribution is 0.298. The summed E-state index contributed by atoms with van der Waals surface area (Å²) in [7, 11) is 0. The lowest BCUT2D eigenvalue weighted by Crippen LogP contribution is -2.00. The van der Waals surface area contributed by atoms with Gasteiger partial charge < -0.3 is 9.47 Å². The number of aryl methyl sites for hydroxylation is 1. The minimum Gasteiger partial charge on any atom is -0.494 e. The van der Waals surface area contributed by atoms with Gasteiger partial charge in [0.2, 0.25) is 0 Å². The lowest BCUT2D eigenvalue weighted by atomic mass is 9.97. The van der Waals surface area contributed by atoms with E-state index in [2.05, 4.69) is 6.92 Å². The average Bonchev–Trinajstić information content (AvgIpc) is 2.91. The minimum absolute atomic E-state index is 0.0344. The molecule has 0 amide bonds. The average molecular weight is 505 g/mol. The van der Waals surface area contributed by atoms with Crippen molar-refractivity contribution in [2.24, 2.45) is 0 Å². The van der Waals surface area contributed by atoms with E-state index in [1.165, 1.54) is 18.1 Å². The summed E-state index contributed by atoms with van der Waals surface area (Å²) in [6, 6.07) is 22.1. The van der Waals surface area contributed by atoms with Crippen LogP contribution in [-0.4, -0.2) is 6.61 Å². The van der Waals surface area contributed by atoms with E-state index >= 15 is 8.78 Å². The molecule has 4 aromatic carbocycles. The summed E-state index contributed by atoms with van der Waals surface area (Å²) in [5.41, 5.74) is 3.16. The highest BCUT2D eigenvalue weighted by molar-refractivity contribution is 5.72. The first kappa shape index (κ1) is 26.3. The summed E-state index contributed by atoms with van der Waals surface area (Å²) in [6.45, 7) is 4.49. The van der Waals surface area contributed by atoms with Gasteiger partial charge in [0.1, 0.15) is 23.9 Å². The Morgan fingerprint density at radius 2 is 1.22 bits per heavy atom. The Hall–Kier alpha value is -3.73. The van der Waals surface area contributed by atoms with Gasteiger partial charge in [0.25, 0.3) is 0 Å². The molecule has 2 nitrogen and oxygen atoms in total. The van der Waals surface area contributed by atoms with E-state index in [0.29, 0.717) is 34.8 Å². The van der Waals surface area contributed by atoms with Gasteiger partial charge in [-0.3, -0.25) is 0 Å². The molecule has 4 rings (SSSR count). The van der Waals surface area contributed by atoms with E-state index in [0.717, 1.165) is 19.3 Å². The Kier molecular flexibility index (Phi) is 8.89. The molecule has 37 heavy (non-hydrogen) atoms. The summed E-state index contributed by atoms with van der Waals surface area (Å²) < 4.78 is 55.3. The van der Waals surface area contributed by atoms with Gasteiger partial charge >= 0.3 is 0 Å². The molecular formula is C32H31F3O2. The van der Waals surface area contributed by atoms with Gasteiger partial charge in [-0.05, 0) is 60.7 Å². The highest BCUT2D eigenvalue weighted by atomic mass is 19.2. The summed E-state index contributed by atoms with van der Waals surface area (Å²) in [5, 5.41) is 0. The smallest absolute Gasteiger partial charge is 0.167 e. The van der Waals surface area contributed by atoms with Crippen molar-refractivity contribution in [1.29, 1.82) is 0 Å². The number of halogens is 3. The molecule has 0 saturated carbocycles. The van der Waals surface area contributed by atoms with Gasteiger partial charge in [0, 0.05) is 22.8 Å². The maximum absolute atomic E-state index is 15.1. The second kappa shape index (κ2) is 12.5. The van der Waals surface area contributed by atoms with Gasteiger partial charge in [0.15, 0.2) is 11.6 Å². The molecule has 0 N–H and O–H groups in total. The van der Waals surface area contributed by atoms with E-state index in [-0.39, 0.29) is 17.7 Å². The van der Waals surface area contributed by atoms with Crippen LogP contribution in [0.4, 0.5) is 13.2 Å². The van der Waals surface area contributed by atoms with E-state index in [1.54, 1.807) is 48.5 Å². The van der Waals surface area contributed by atoms with Gasteiger partial charge in [-0.2, -0.15) is 0 Å². The molecule has 0 aliphatic carbocycles. The highest BCUT2D eigenvalue weighted by Crippen LogP contribution is 2.32. The predicted molar refractivity (Wildman–Crippen MR) is 142 cm³/mol. The van der Waals surface area contributed by atoms with Gasteiger partial charge in [-0.15, -0.1) is 0 Å². The summed E-state index contributed by atoms with van der Waals surface area (Å²) in [5.74, 6) is -1.22. The van der Waals surface area contributed by atoms with Crippen LogP contribution in [0, 0.1) is 17.5 Å². The number of hydrogen-bond donors (Lipinski definition) is 0. The Labute approximate surface area is 216 Å². The zero-order valence-corrected chi connectivity index (χ0v) is 21.2. The van der Waals surface area contributed by atoms with Crippen molar-refractivity contribution in [3.63, 3.8) is 0 Å². The molecule has 0 aliphatic rings. The summed E-state index contributed by atoms with van der Waals surface area (Å²) in [6.07, 6.45) is 4.44. The van der Waals surface area contributed by atoms with Crippen molar-refractivity contribution < 1.29 is 22.6 Å². The van der Waals surface area contributed by atoms with E-state index in [1.807, 2.05) is 31.2 Å². The van der Waals surface area contributed by atoms with E-state index in [4.69, 9.17) is 9.47 Å². The Morgan fingerprint density at radius 3 is 1.78 bits per heavy atom. The largest absolute Gasteiger partial charge is 0.494 e. The lowest BCUT2D eigenvalue weighted by Gasteiger charge is -2.12. The van der Waals surface area contributed by atoms with Crippen LogP contribution in [0.2, 0.25) is 0 Å². The Balaban J connectivity index is 1.44. The van der Waals surface area contributed by atoms with Gasteiger partial charge in [-0.1, -0.05) is 68.3 Å². The van der Waals surface area contributed by atoms with Crippen LogP contribution >= 0.6 is 0 Å². The molecule has 0 unspecified atom stereocenters. The molecule has 0 heterocycles. The number of benzene rings is 4. The molecule has 0 spiro atoms. The molecule has 0 aromatic heterocycles. The van der Waals surface area contributed by atoms with Crippen molar-refractivity contribution in [2.45, 2.75) is 46.1 Å².